The van der Waals surface area contributed by atoms with Gasteiger partial charge in [0.2, 0.25) is 0 Å². The van der Waals surface area contributed by atoms with Crippen LogP contribution in [0.3, 0.4) is 0 Å². The fourth-order valence-electron chi connectivity index (χ4n) is 0.273. The van der Waals surface area contributed by atoms with Crippen molar-refractivity contribution in [1.29, 1.82) is 0 Å². The molecule has 0 spiro atoms. The maximum Gasteiger partial charge on any atom is 0.0852 e. The van der Waals surface area contributed by atoms with Crippen LogP contribution < -0.4 is 0 Å². The van der Waals surface area contributed by atoms with Gasteiger partial charge in [-0.3, -0.25) is 0 Å². The normalized spacial score (nSPS) is 15.9. The fourth-order valence-corrected chi connectivity index (χ4v) is 0.273. The number of aliphatic hydroxyl groups is 2. The van der Waals surface area contributed by atoms with Gasteiger partial charge in [0.25, 0.3) is 0 Å². The van der Waals surface area contributed by atoms with Crippen LogP contribution in [-0.2, 0) is 0 Å². The Morgan fingerprint density at radius 2 is 2.22 bits per heavy atom. The molecule has 0 radical (unpaired) electrons. The van der Waals surface area contributed by atoms with Gasteiger partial charge >= 0.3 is 0 Å². The summed E-state index contributed by atoms with van der Waals surface area (Å²) in [7, 11) is 0. The zero-order valence-electron chi connectivity index (χ0n) is 5.10. The van der Waals surface area contributed by atoms with Crippen molar-refractivity contribution in [2.24, 2.45) is 5.11 Å². The lowest BCUT2D eigenvalue weighted by Crippen LogP contribution is -2.24. The maximum atomic E-state index is 8.74. The zero-order chi connectivity index (χ0) is 7.28. The molecule has 0 rings (SSSR count). The Kier molecular flexibility index (Phi) is 3.79. The van der Waals surface area contributed by atoms with Crippen molar-refractivity contribution < 1.29 is 10.2 Å². The van der Waals surface area contributed by atoms with Crippen molar-refractivity contribution in [3.05, 3.63) is 10.4 Å². The highest BCUT2D eigenvalue weighted by molar-refractivity contribution is 4.64. The highest BCUT2D eigenvalue weighted by atomic mass is 16.3. The van der Waals surface area contributed by atoms with Crippen molar-refractivity contribution >= 4 is 0 Å². The van der Waals surface area contributed by atoms with Gasteiger partial charge in [-0.05, 0) is 12.5 Å². The molecule has 2 atom stereocenters. The van der Waals surface area contributed by atoms with Gasteiger partial charge in [-0.1, -0.05) is 5.11 Å². The van der Waals surface area contributed by atoms with Gasteiger partial charge in [0.05, 0.1) is 18.8 Å². The number of nitrogens with zero attached hydrogens (tertiary/aromatic N) is 3. The average Bonchev–Trinajstić information content (AvgIpc) is 1.82. The molecule has 0 aromatic heterocycles. The standard InChI is InChI=1S/C4H9N3O2/c1-3(8)4(9)2-6-7-5/h3-4,8-9H,2H2,1H3/t3-,4-/m1/s1. The Morgan fingerprint density at radius 1 is 1.67 bits per heavy atom. The van der Waals surface area contributed by atoms with E-state index in [9.17, 15) is 0 Å². The van der Waals surface area contributed by atoms with Crippen LogP contribution in [0.1, 0.15) is 6.92 Å². The monoisotopic (exact) mass is 131 g/mol. The molecule has 5 nitrogen and oxygen atoms in total. The lowest BCUT2D eigenvalue weighted by molar-refractivity contribution is 0.0375. The summed E-state index contributed by atoms with van der Waals surface area (Å²) in [6.45, 7) is 1.35. The molecule has 0 aromatic rings. The van der Waals surface area contributed by atoms with E-state index in [0.29, 0.717) is 0 Å². The Bertz CT molecular complexity index is 119. The quantitative estimate of drug-likeness (QED) is 0.321. The maximum absolute atomic E-state index is 8.74. The minimum Gasteiger partial charge on any atom is -0.391 e. The largest absolute Gasteiger partial charge is 0.391 e. The van der Waals surface area contributed by atoms with Crippen LogP contribution in [-0.4, -0.2) is 29.0 Å². The third kappa shape index (κ3) is 3.78. The van der Waals surface area contributed by atoms with Crippen LogP contribution in [0.4, 0.5) is 0 Å². The van der Waals surface area contributed by atoms with E-state index in [1.54, 1.807) is 0 Å². The molecule has 0 aliphatic heterocycles. The molecule has 0 aliphatic carbocycles. The van der Waals surface area contributed by atoms with Crippen LogP contribution in [0.5, 0.6) is 0 Å². The lowest BCUT2D eigenvalue weighted by Gasteiger charge is -2.08. The first-order chi connectivity index (χ1) is 4.18. The topological polar surface area (TPSA) is 89.2 Å². The van der Waals surface area contributed by atoms with Crippen LogP contribution >= 0.6 is 0 Å². The fraction of sp³-hybridized carbons (Fsp3) is 1.00. The third-order valence-corrected chi connectivity index (χ3v) is 0.889. The van der Waals surface area contributed by atoms with Crippen molar-refractivity contribution in [3.8, 4) is 0 Å². The zero-order valence-corrected chi connectivity index (χ0v) is 5.10. The lowest BCUT2D eigenvalue weighted by atomic mass is 10.2. The number of azide groups is 1. The SMILES string of the molecule is C[C@@H](O)[C@H](O)CN=[N+]=[N-]. The molecular formula is C4H9N3O2. The summed E-state index contributed by atoms with van der Waals surface area (Å²) in [4.78, 5) is 2.41. The minimum absolute atomic E-state index is 0.0752. The molecule has 9 heavy (non-hydrogen) atoms. The molecule has 0 unspecified atom stereocenters. The molecule has 5 heteroatoms. The summed E-state index contributed by atoms with van der Waals surface area (Å²) in [5.41, 5.74) is 7.76. The first-order valence-corrected chi connectivity index (χ1v) is 2.55. The van der Waals surface area contributed by atoms with Gasteiger partial charge in [0.1, 0.15) is 0 Å². The van der Waals surface area contributed by atoms with E-state index in [4.69, 9.17) is 15.7 Å². The molecule has 0 saturated heterocycles. The molecule has 0 bridgehead atoms. The van der Waals surface area contributed by atoms with Gasteiger partial charge < -0.3 is 10.2 Å². The van der Waals surface area contributed by atoms with Crippen LogP contribution in [0, 0.1) is 0 Å². The molecule has 0 amide bonds. The van der Waals surface area contributed by atoms with Gasteiger partial charge in [-0.25, -0.2) is 0 Å². The van der Waals surface area contributed by atoms with E-state index in [-0.39, 0.29) is 6.54 Å². The second kappa shape index (κ2) is 4.14. The molecule has 2 N–H and O–H groups in total. The average molecular weight is 131 g/mol. The predicted octanol–water partition coefficient (Wildman–Crippen LogP) is 0.0384. The van der Waals surface area contributed by atoms with Crippen LogP contribution in [0.2, 0.25) is 0 Å². The summed E-state index contributed by atoms with van der Waals surface area (Å²) in [6.07, 6.45) is -1.78. The molecule has 0 saturated carbocycles. The number of rotatable bonds is 3. The Labute approximate surface area is 52.6 Å². The molecule has 52 valence electrons. The summed E-state index contributed by atoms with van der Waals surface area (Å²) in [5.74, 6) is 0. The van der Waals surface area contributed by atoms with Crippen molar-refractivity contribution in [2.45, 2.75) is 19.1 Å². The van der Waals surface area contributed by atoms with Crippen LogP contribution in [0.25, 0.3) is 10.4 Å². The van der Waals surface area contributed by atoms with Gasteiger partial charge in [-0.2, -0.15) is 0 Å². The van der Waals surface area contributed by atoms with Crippen molar-refractivity contribution in [1.82, 2.24) is 0 Å². The van der Waals surface area contributed by atoms with E-state index in [1.165, 1.54) is 6.92 Å². The minimum atomic E-state index is -0.944. The van der Waals surface area contributed by atoms with E-state index >= 15 is 0 Å². The van der Waals surface area contributed by atoms with Crippen molar-refractivity contribution in [3.63, 3.8) is 0 Å². The summed E-state index contributed by atoms with van der Waals surface area (Å²) >= 11 is 0. The van der Waals surface area contributed by atoms with E-state index in [2.05, 4.69) is 10.0 Å². The molecule has 0 aromatic carbocycles. The van der Waals surface area contributed by atoms with Crippen molar-refractivity contribution in [2.75, 3.05) is 6.54 Å². The highest BCUT2D eigenvalue weighted by Crippen LogP contribution is 1.91. The predicted molar refractivity (Wildman–Crippen MR) is 31.7 cm³/mol. The van der Waals surface area contributed by atoms with E-state index in [1.807, 2.05) is 0 Å². The highest BCUT2D eigenvalue weighted by Gasteiger charge is 2.07. The third-order valence-electron chi connectivity index (χ3n) is 0.889. The first kappa shape index (κ1) is 8.23. The smallest absolute Gasteiger partial charge is 0.0852 e. The number of hydrogen-bond acceptors (Lipinski definition) is 3. The summed E-state index contributed by atoms with van der Waals surface area (Å²) in [6, 6.07) is 0. The first-order valence-electron chi connectivity index (χ1n) is 2.55. The second-order valence-electron chi connectivity index (χ2n) is 1.72. The summed E-state index contributed by atoms with van der Waals surface area (Å²) < 4.78 is 0. The Morgan fingerprint density at radius 3 is 2.56 bits per heavy atom. The van der Waals surface area contributed by atoms with Crippen LogP contribution in [0.15, 0.2) is 5.11 Å². The molecule has 0 fully saturated rings. The van der Waals surface area contributed by atoms with E-state index < -0.39 is 12.2 Å². The van der Waals surface area contributed by atoms with Gasteiger partial charge in [0.15, 0.2) is 0 Å². The summed E-state index contributed by atoms with van der Waals surface area (Å²) in [5, 5.41) is 20.4. The number of aliphatic hydroxyl groups excluding tert-OH is 2. The van der Waals surface area contributed by atoms with Gasteiger partial charge in [0, 0.05) is 4.91 Å². The number of hydrogen-bond donors (Lipinski definition) is 2. The van der Waals surface area contributed by atoms with E-state index in [0.717, 1.165) is 0 Å². The van der Waals surface area contributed by atoms with Gasteiger partial charge in [-0.15, -0.1) is 0 Å². The molecule has 0 heterocycles. The Balaban J connectivity index is 3.49. The second-order valence-corrected chi connectivity index (χ2v) is 1.72. The molecule has 0 aliphatic rings. The Hall–Kier alpha value is -0.770. The molecular weight excluding hydrogens is 122 g/mol.